The number of ketones is 1. The second-order valence-corrected chi connectivity index (χ2v) is 8.11. The highest BCUT2D eigenvalue weighted by molar-refractivity contribution is 7.81. The number of nitrogens with zero attached hydrogens (tertiary/aromatic N) is 3. The lowest BCUT2D eigenvalue weighted by molar-refractivity contribution is -0.126. The molecule has 0 spiro atoms. The highest BCUT2D eigenvalue weighted by Gasteiger charge is 2.40. The smallest absolute Gasteiger partial charge is 0.157 e. The Kier molecular flexibility index (Phi) is 6.68. The van der Waals surface area contributed by atoms with Crippen LogP contribution in [0.3, 0.4) is 0 Å². The van der Waals surface area contributed by atoms with Crippen LogP contribution in [0.4, 0.5) is 4.39 Å². The number of piperidine rings is 1. The number of hydrogen-bond acceptors (Lipinski definition) is 6. The Balaban J connectivity index is 0.00000210. The van der Waals surface area contributed by atoms with Gasteiger partial charge in [-0.15, -0.1) is 12.4 Å². The van der Waals surface area contributed by atoms with Gasteiger partial charge >= 0.3 is 0 Å². The normalized spacial score (nSPS) is 23.0. The molecule has 1 aliphatic heterocycles. The van der Waals surface area contributed by atoms with Gasteiger partial charge in [0.25, 0.3) is 0 Å². The minimum absolute atomic E-state index is 0. The average molecular weight is 426 g/mol. The molecule has 1 aliphatic carbocycles. The van der Waals surface area contributed by atoms with Crippen molar-refractivity contribution in [3.8, 4) is 0 Å². The van der Waals surface area contributed by atoms with Gasteiger partial charge in [-0.3, -0.25) is 9.69 Å². The Bertz CT molecular complexity index is 826. The Labute approximate surface area is 174 Å². The quantitative estimate of drug-likeness (QED) is 0.729. The summed E-state index contributed by atoms with van der Waals surface area (Å²) in [6, 6.07) is 6.11. The highest BCUT2D eigenvalue weighted by atomic mass is 35.5. The van der Waals surface area contributed by atoms with E-state index in [2.05, 4.69) is 13.6 Å². The largest absolute Gasteiger partial charge is 0.297 e. The predicted molar refractivity (Wildman–Crippen MR) is 111 cm³/mol. The second-order valence-electron chi connectivity index (χ2n) is 6.93. The first-order valence-electron chi connectivity index (χ1n) is 8.82. The molecule has 27 heavy (non-hydrogen) atoms. The average Bonchev–Trinajstić information content (AvgIpc) is 3.37. The van der Waals surface area contributed by atoms with Crippen LogP contribution in [0.1, 0.15) is 36.6 Å². The van der Waals surface area contributed by atoms with Gasteiger partial charge in [0.05, 0.1) is 29.7 Å². The summed E-state index contributed by atoms with van der Waals surface area (Å²) in [7, 11) is 0. The third kappa shape index (κ3) is 4.59. The number of thiol groups is 1. The number of benzene rings is 1. The molecule has 2 aliphatic rings. The maximum absolute atomic E-state index is 14.5. The van der Waals surface area contributed by atoms with E-state index in [1.54, 1.807) is 24.4 Å². The van der Waals surface area contributed by atoms with Crippen LogP contribution < -0.4 is 0 Å². The van der Waals surface area contributed by atoms with E-state index in [-0.39, 0.29) is 35.2 Å². The van der Waals surface area contributed by atoms with Crippen LogP contribution in [0.25, 0.3) is 6.08 Å². The van der Waals surface area contributed by atoms with Gasteiger partial charge in [0.15, 0.2) is 5.78 Å². The van der Waals surface area contributed by atoms with Crippen LogP contribution in [0, 0.1) is 11.7 Å². The lowest BCUT2D eigenvalue weighted by Crippen LogP contribution is -2.42. The summed E-state index contributed by atoms with van der Waals surface area (Å²) in [6.07, 6.45) is 6.36. The van der Waals surface area contributed by atoms with Crippen molar-refractivity contribution in [1.29, 1.82) is 0 Å². The van der Waals surface area contributed by atoms with E-state index in [9.17, 15) is 9.18 Å². The summed E-state index contributed by atoms with van der Waals surface area (Å²) in [5, 5.41) is 0.116. The fourth-order valence-electron chi connectivity index (χ4n) is 3.50. The first-order valence-corrected chi connectivity index (χ1v) is 10.1. The number of aromatic nitrogens is 2. The third-order valence-electron chi connectivity index (χ3n) is 5.03. The first kappa shape index (κ1) is 20.5. The van der Waals surface area contributed by atoms with E-state index in [4.69, 9.17) is 12.6 Å². The third-order valence-corrected chi connectivity index (χ3v) is 6.11. The molecule has 0 radical (unpaired) electrons. The van der Waals surface area contributed by atoms with Crippen molar-refractivity contribution in [3.05, 3.63) is 53.1 Å². The first-order chi connectivity index (χ1) is 12.6. The molecule has 1 saturated heterocycles. The van der Waals surface area contributed by atoms with Crippen molar-refractivity contribution in [2.75, 3.05) is 13.1 Å². The van der Waals surface area contributed by atoms with Gasteiger partial charge in [-0.05, 0) is 37.0 Å². The zero-order chi connectivity index (χ0) is 18.1. The lowest BCUT2D eigenvalue weighted by Gasteiger charge is -2.37. The zero-order valence-corrected chi connectivity index (χ0v) is 17.2. The van der Waals surface area contributed by atoms with E-state index < -0.39 is 6.04 Å². The summed E-state index contributed by atoms with van der Waals surface area (Å²) >= 11 is 5.86. The number of rotatable bonds is 5. The van der Waals surface area contributed by atoms with E-state index in [1.165, 1.54) is 17.8 Å². The minimum atomic E-state index is -0.526. The number of carbonyl (C=O) groups is 1. The number of Topliss-reactive ketones (excluding diaryl/α,β-unsaturated/α-hetero) is 1. The Morgan fingerprint density at radius 1 is 1.33 bits per heavy atom. The van der Waals surface area contributed by atoms with Gasteiger partial charge in [-0.1, -0.05) is 18.2 Å². The fourth-order valence-corrected chi connectivity index (χ4v) is 4.17. The summed E-state index contributed by atoms with van der Waals surface area (Å²) in [5.74, 6) is -0.0976. The molecule has 2 atom stereocenters. The molecular formula is C19H21ClFN3OS2. The SMILES string of the molecule is Cl.O=C(C1CC1)C(c1ccccc1F)N1CCC(S)C(=Cc2cnsn2)C1. The van der Waals surface area contributed by atoms with E-state index >= 15 is 0 Å². The highest BCUT2D eigenvalue weighted by Crippen LogP contribution is 2.39. The van der Waals surface area contributed by atoms with Crippen molar-refractivity contribution in [1.82, 2.24) is 13.6 Å². The zero-order valence-electron chi connectivity index (χ0n) is 14.6. The number of likely N-dealkylation sites (tertiary alicyclic amines) is 1. The van der Waals surface area contributed by atoms with Crippen LogP contribution in [0.2, 0.25) is 0 Å². The van der Waals surface area contributed by atoms with Crippen molar-refractivity contribution >= 4 is 48.6 Å². The van der Waals surface area contributed by atoms with Crippen LogP contribution >= 0.6 is 36.8 Å². The maximum atomic E-state index is 14.5. The van der Waals surface area contributed by atoms with Gasteiger partial charge in [0.2, 0.25) is 0 Å². The number of hydrogen-bond donors (Lipinski definition) is 1. The van der Waals surface area contributed by atoms with Crippen molar-refractivity contribution in [2.45, 2.75) is 30.6 Å². The number of halogens is 2. The van der Waals surface area contributed by atoms with E-state index in [0.29, 0.717) is 12.1 Å². The van der Waals surface area contributed by atoms with Crippen molar-refractivity contribution in [3.63, 3.8) is 0 Å². The molecule has 1 saturated carbocycles. The molecule has 0 bridgehead atoms. The second kappa shape index (κ2) is 8.82. The molecule has 0 N–H and O–H groups in total. The molecule has 2 unspecified atom stereocenters. The monoisotopic (exact) mass is 425 g/mol. The van der Waals surface area contributed by atoms with Gasteiger partial charge < -0.3 is 0 Å². The molecule has 1 aromatic heterocycles. The van der Waals surface area contributed by atoms with Gasteiger partial charge in [-0.25, -0.2) is 4.39 Å². The predicted octanol–water partition coefficient (Wildman–Crippen LogP) is 4.21. The van der Waals surface area contributed by atoms with E-state index in [0.717, 1.165) is 37.1 Å². The standard InChI is InChI=1S/C19H20FN3OS2.ClH/c20-16-4-2-1-3-15(16)18(19(24)12-5-6-12)23-8-7-17(25)13(11-23)9-14-10-21-26-22-14;/h1-4,9-10,12,17-18,25H,5-8,11H2;1H. The van der Waals surface area contributed by atoms with Crippen LogP contribution in [0.15, 0.2) is 36.0 Å². The molecule has 2 heterocycles. The lowest BCUT2D eigenvalue weighted by atomic mass is 9.93. The molecule has 4 nitrogen and oxygen atoms in total. The Morgan fingerprint density at radius 3 is 2.78 bits per heavy atom. The molecule has 144 valence electrons. The summed E-state index contributed by atoms with van der Waals surface area (Å²) in [5.41, 5.74) is 2.38. The molecular weight excluding hydrogens is 405 g/mol. The summed E-state index contributed by atoms with van der Waals surface area (Å²) in [4.78, 5) is 15.1. The molecule has 1 aromatic carbocycles. The molecule has 8 heteroatoms. The molecule has 4 rings (SSSR count). The maximum Gasteiger partial charge on any atom is 0.157 e. The Hall–Kier alpha value is -1.28. The molecule has 2 fully saturated rings. The minimum Gasteiger partial charge on any atom is -0.297 e. The van der Waals surface area contributed by atoms with Crippen molar-refractivity contribution in [2.24, 2.45) is 5.92 Å². The van der Waals surface area contributed by atoms with Gasteiger partial charge in [-0.2, -0.15) is 21.4 Å². The van der Waals surface area contributed by atoms with Gasteiger partial charge in [0.1, 0.15) is 5.82 Å². The van der Waals surface area contributed by atoms with E-state index in [1.807, 2.05) is 6.08 Å². The summed E-state index contributed by atoms with van der Waals surface area (Å²) < 4.78 is 22.8. The number of carbonyl (C=O) groups excluding carboxylic acids is 1. The van der Waals surface area contributed by atoms with Gasteiger partial charge in [0, 0.05) is 29.8 Å². The molecule has 0 amide bonds. The molecule has 2 aromatic rings. The topological polar surface area (TPSA) is 46.1 Å². The van der Waals surface area contributed by atoms with Crippen molar-refractivity contribution < 1.29 is 9.18 Å². The van der Waals surface area contributed by atoms with Crippen LogP contribution in [-0.4, -0.2) is 37.8 Å². The fraction of sp³-hybridized carbons (Fsp3) is 0.421. The van der Waals surface area contributed by atoms with Crippen LogP contribution in [0.5, 0.6) is 0 Å². The summed E-state index contributed by atoms with van der Waals surface area (Å²) in [6.45, 7) is 1.31. The van der Waals surface area contributed by atoms with Crippen LogP contribution in [-0.2, 0) is 4.79 Å². The Morgan fingerprint density at radius 2 is 2.11 bits per heavy atom.